The Morgan fingerprint density at radius 1 is 0.763 bits per heavy atom. The van der Waals surface area contributed by atoms with Gasteiger partial charge in [-0.15, -0.1) is 0 Å². The van der Waals surface area contributed by atoms with Gasteiger partial charge in [-0.1, -0.05) is 30.3 Å². The number of benzene rings is 2. The van der Waals surface area contributed by atoms with Crippen LogP contribution in [0.5, 0.6) is 11.5 Å². The standard InChI is InChI=1S/C23H21N5O4.Fe.H2O4S/c1-14(25-27-22(31)16-8-3-5-12-20(16)29)18-10-7-11-19(24-18)15(2)26-28-23(32)17-9-4-6-13-21(17)30;;1-5(2,3)4/h3-13,29-30H,1-2H3,(H,27,31)(H,28,32);;(H2,1,2,3,4)/q;+2;/p-1. The molecule has 0 radical (unpaired) electrons. The molecule has 2 amide bonds. The third-order valence-electron chi connectivity index (χ3n) is 4.44. The smallest absolute Gasteiger partial charge is 0.726 e. The minimum Gasteiger partial charge on any atom is -0.726 e. The van der Waals surface area contributed by atoms with Crippen molar-refractivity contribution in [1.29, 1.82) is 0 Å². The Morgan fingerprint density at radius 3 is 1.45 bits per heavy atom. The summed E-state index contributed by atoms with van der Waals surface area (Å²) in [7, 11) is -4.92. The second-order valence-corrected chi connectivity index (χ2v) is 8.00. The minimum absolute atomic E-state index is 0. The molecule has 13 nitrogen and oxygen atoms in total. The summed E-state index contributed by atoms with van der Waals surface area (Å²) in [6.45, 7) is 3.34. The summed E-state index contributed by atoms with van der Waals surface area (Å²) in [4.78, 5) is 28.8. The maximum absolute atomic E-state index is 12.2. The van der Waals surface area contributed by atoms with Crippen LogP contribution in [0, 0.1) is 0 Å². The molecule has 38 heavy (non-hydrogen) atoms. The van der Waals surface area contributed by atoms with Crippen molar-refractivity contribution in [1.82, 2.24) is 15.8 Å². The van der Waals surface area contributed by atoms with Crippen LogP contribution in [-0.2, 0) is 27.5 Å². The molecule has 0 aliphatic carbocycles. The number of carbonyl (C=O) groups is 2. The van der Waals surface area contributed by atoms with Crippen LogP contribution in [0.4, 0.5) is 0 Å². The fraction of sp³-hybridized carbons (Fsp3) is 0.0870. The molecule has 200 valence electrons. The Bertz CT molecular complexity index is 1360. The summed E-state index contributed by atoms with van der Waals surface area (Å²) in [5.74, 6) is -1.39. The molecule has 0 aliphatic rings. The first-order valence-corrected chi connectivity index (χ1v) is 11.6. The van der Waals surface area contributed by atoms with Gasteiger partial charge in [-0.05, 0) is 50.2 Å². The van der Waals surface area contributed by atoms with Crippen LogP contribution in [0.2, 0.25) is 0 Å². The van der Waals surface area contributed by atoms with Crippen molar-refractivity contribution in [3.63, 3.8) is 0 Å². The molecule has 0 bridgehead atoms. The molecule has 3 rings (SSSR count). The zero-order chi connectivity index (χ0) is 27.6. The number of para-hydroxylation sites is 2. The molecule has 0 atom stereocenters. The van der Waals surface area contributed by atoms with Gasteiger partial charge in [0.25, 0.3) is 11.8 Å². The van der Waals surface area contributed by atoms with Crippen molar-refractivity contribution in [2.45, 2.75) is 13.8 Å². The van der Waals surface area contributed by atoms with Crippen LogP contribution in [-0.4, -0.2) is 56.0 Å². The van der Waals surface area contributed by atoms with Gasteiger partial charge < -0.3 is 14.8 Å². The number of phenols is 2. The Morgan fingerprint density at radius 2 is 1.11 bits per heavy atom. The van der Waals surface area contributed by atoms with Gasteiger partial charge in [-0.25, -0.2) is 24.3 Å². The number of carbonyl (C=O) groups excluding carboxylic acids is 2. The van der Waals surface area contributed by atoms with E-state index in [0.29, 0.717) is 22.8 Å². The van der Waals surface area contributed by atoms with Gasteiger partial charge in [0, 0.05) is 0 Å². The fourth-order valence-corrected chi connectivity index (χ4v) is 2.67. The quantitative estimate of drug-likeness (QED) is 0.0938. The summed E-state index contributed by atoms with van der Waals surface area (Å²) in [5, 5.41) is 27.6. The third kappa shape index (κ3) is 10.5. The maximum Gasteiger partial charge on any atom is 2.00 e. The first-order chi connectivity index (χ1) is 17.4. The second kappa shape index (κ2) is 14.6. The van der Waals surface area contributed by atoms with E-state index in [1.807, 2.05) is 0 Å². The van der Waals surface area contributed by atoms with Crippen LogP contribution < -0.4 is 10.9 Å². The van der Waals surface area contributed by atoms with E-state index < -0.39 is 22.2 Å². The van der Waals surface area contributed by atoms with E-state index in [4.69, 9.17) is 17.5 Å². The zero-order valence-electron chi connectivity index (χ0n) is 19.8. The molecule has 0 saturated carbocycles. The van der Waals surface area contributed by atoms with Crippen molar-refractivity contribution in [3.8, 4) is 11.5 Å². The molecule has 0 spiro atoms. The van der Waals surface area contributed by atoms with Gasteiger partial charge in [0.2, 0.25) is 10.4 Å². The third-order valence-corrected chi connectivity index (χ3v) is 4.44. The van der Waals surface area contributed by atoms with Crippen LogP contribution in [0.25, 0.3) is 0 Å². The van der Waals surface area contributed by atoms with Crippen molar-refractivity contribution < 1.29 is 54.4 Å². The number of hydrogen-bond acceptors (Lipinski definition) is 10. The largest absolute Gasteiger partial charge is 2.00 e. The molecule has 1 heterocycles. The van der Waals surface area contributed by atoms with E-state index in [9.17, 15) is 19.8 Å². The first-order valence-electron chi connectivity index (χ1n) is 10.3. The summed E-state index contributed by atoms with van der Waals surface area (Å²) in [5.41, 5.74) is 6.83. The molecule has 0 unspecified atom stereocenters. The summed E-state index contributed by atoms with van der Waals surface area (Å²) in [6, 6.07) is 17.5. The number of aromatic hydroxyl groups is 2. The van der Waals surface area contributed by atoms with Crippen molar-refractivity contribution in [3.05, 3.63) is 89.2 Å². The summed E-state index contributed by atoms with van der Waals surface area (Å²) < 4.78 is 32.8. The first kappa shape index (κ1) is 31.9. The molecule has 5 N–H and O–H groups in total. The Labute approximate surface area is 228 Å². The number of nitrogens with one attached hydrogen (secondary N) is 2. The summed E-state index contributed by atoms with van der Waals surface area (Å²) in [6.07, 6.45) is 0. The second-order valence-electron chi connectivity index (χ2n) is 7.15. The monoisotopic (exact) mass is 584 g/mol. The average molecular weight is 584 g/mol. The molecular weight excluding hydrogens is 562 g/mol. The van der Waals surface area contributed by atoms with Crippen molar-refractivity contribution in [2.24, 2.45) is 10.2 Å². The predicted molar refractivity (Wildman–Crippen MR) is 132 cm³/mol. The Balaban J connectivity index is 0.00000110. The number of hydrogen-bond donors (Lipinski definition) is 5. The number of phenolic OH excluding ortho intramolecular Hbond substituents is 2. The van der Waals surface area contributed by atoms with Gasteiger partial charge in [-0.3, -0.25) is 14.1 Å². The number of aromatic nitrogens is 1. The van der Waals surface area contributed by atoms with Crippen molar-refractivity contribution in [2.75, 3.05) is 0 Å². The molecular formula is C23H22FeN5O8S+. The minimum atomic E-state index is -4.92. The predicted octanol–water partition coefficient (Wildman–Crippen LogP) is 1.80. The molecule has 0 saturated heterocycles. The average Bonchev–Trinajstić information content (AvgIpc) is 2.85. The van der Waals surface area contributed by atoms with E-state index >= 15 is 0 Å². The van der Waals surface area contributed by atoms with Crippen LogP contribution >= 0.6 is 0 Å². The molecule has 1 aromatic heterocycles. The van der Waals surface area contributed by atoms with Crippen LogP contribution in [0.1, 0.15) is 46.0 Å². The molecule has 2 aromatic carbocycles. The Kier molecular flexibility index (Phi) is 12.2. The maximum atomic E-state index is 12.2. The van der Waals surface area contributed by atoms with Gasteiger partial charge in [-0.2, -0.15) is 10.2 Å². The van der Waals surface area contributed by atoms with Crippen LogP contribution in [0.3, 0.4) is 0 Å². The fourth-order valence-electron chi connectivity index (χ4n) is 2.67. The zero-order valence-corrected chi connectivity index (χ0v) is 21.8. The van der Waals surface area contributed by atoms with Gasteiger partial charge >= 0.3 is 17.1 Å². The molecule has 0 aliphatic heterocycles. The van der Waals surface area contributed by atoms with Gasteiger partial charge in [0.15, 0.2) is 0 Å². The number of amides is 2. The molecule has 0 fully saturated rings. The normalized spacial score (nSPS) is 11.4. The number of hydrazone groups is 2. The number of rotatable bonds is 6. The van der Waals surface area contributed by atoms with Crippen LogP contribution in [0.15, 0.2) is 76.9 Å². The van der Waals surface area contributed by atoms with Crippen molar-refractivity contribution >= 4 is 33.6 Å². The Hall–Kier alpha value is -4.14. The number of nitrogens with zero attached hydrogens (tertiary/aromatic N) is 3. The van der Waals surface area contributed by atoms with E-state index in [0.717, 1.165) is 0 Å². The SMILES string of the molecule is CC(=NNC(=O)c1ccccc1O)c1cccc(C(C)=NNC(=O)c2ccccc2O)n1.O=S(=O)([O-])O.[Fe+2]. The number of pyridine rings is 1. The van der Waals surface area contributed by atoms with E-state index in [1.165, 1.54) is 24.3 Å². The molecule has 15 heteroatoms. The molecule has 3 aromatic rings. The summed E-state index contributed by atoms with van der Waals surface area (Å²) >= 11 is 0. The van der Waals surface area contributed by atoms with Gasteiger partial charge in [0.1, 0.15) is 11.5 Å². The topological polar surface area (TPSA) is 214 Å². The van der Waals surface area contributed by atoms with Gasteiger partial charge in [0.05, 0.1) is 33.9 Å². The van der Waals surface area contributed by atoms with E-state index in [2.05, 4.69) is 26.0 Å². The van der Waals surface area contributed by atoms with E-state index in [-0.39, 0.29) is 39.7 Å². The van der Waals surface area contributed by atoms with E-state index in [1.54, 1.807) is 56.3 Å².